The fourth-order valence-electron chi connectivity index (χ4n) is 2.75. The van der Waals surface area contributed by atoms with Crippen molar-refractivity contribution in [3.63, 3.8) is 0 Å². The lowest BCUT2D eigenvalue weighted by molar-refractivity contribution is -0.119. The Morgan fingerprint density at radius 1 is 1.29 bits per heavy atom. The number of benzene rings is 1. The number of carbonyl (C=O) groups excluding carboxylic acids is 2. The van der Waals surface area contributed by atoms with Gasteiger partial charge in [-0.05, 0) is 44.8 Å². The molecule has 0 saturated carbocycles. The van der Waals surface area contributed by atoms with Crippen molar-refractivity contribution >= 4 is 11.7 Å². The van der Waals surface area contributed by atoms with Gasteiger partial charge in [-0.2, -0.15) is 0 Å². The average Bonchev–Trinajstić information content (AvgIpc) is 2.46. The molecule has 1 amide bonds. The van der Waals surface area contributed by atoms with Crippen LogP contribution >= 0.6 is 0 Å². The van der Waals surface area contributed by atoms with Gasteiger partial charge in [-0.15, -0.1) is 0 Å². The quantitative estimate of drug-likeness (QED) is 0.843. The second kappa shape index (κ2) is 7.36. The molecule has 4 nitrogen and oxygen atoms in total. The molecule has 1 aliphatic heterocycles. The summed E-state index contributed by atoms with van der Waals surface area (Å²) in [6.45, 7) is 6.68. The molecule has 1 aromatic rings. The van der Waals surface area contributed by atoms with Crippen LogP contribution in [0.25, 0.3) is 0 Å². The third kappa shape index (κ3) is 4.97. The van der Waals surface area contributed by atoms with Crippen LogP contribution in [0.2, 0.25) is 0 Å². The molecule has 0 atom stereocenters. The van der Waals surface area contributed by atoms with Crippen molar-refractivity contribution in [2.75, 3.05) is 26.2 Å². The Bertz CT molecular complexity index is 505. The van der Waals surface area contributed by atoms with Crippen molar-refractivity contribution in [2.45, 2.75) is 26.7 Å². The van der Waals surface area contributed by atoms with Crippen LogP contribution in [0.15, 0.2) is 24.3 Å². The van der Waals surface area contributed by atoms with E-state index < -0.39 is 0 Å². The number of likely N-dealkylation sites (tertiary alicyclic amines) is 1. The minimum Gasteiger partial charge on any atom is -0.356 e. The van der Waals surface area contributed by atoms with Crippen LogP contribution in [-0.4, -0.2) is 42.8 Å². The maximum atomic E-state index is 12.3. The second-order valence-electron chi connectivity index (χ2n) is 5.95. The van der Waals surface area contributed by atoms with Crippen LogP contribution in [0.5, 0.6) is 0 Å². The SMILES string of the molecule is CC(=O)NCC1CCN(CC(=O)c2cccc(C)c2)CC1. The highest BCUT2D eigenvalue weighted by Crippen LogP contribution is 2.17. The molecule has 0 aromatic heterocycles. The van der Waals surface area contributed by atoms with E-state index in [9.17, 15) is 9.59 Å². The molecule has 1 N–H and O–H groups in total. The van der Waals surface area contributed by atoms with Crippen molar-refractivity contribution in [3.05, 3.63) is 35.4 Å². The van der Waals surface area contributed by atoms with Gasteiger partial charge >= 0.3 is 0 Å². The lowest BCUT2D eigenvalue weighted by Crippen LogP contribution is -2.40. The second-order valence-corrected chi connectivity index (χ2v) is 5.95. The Kier molecular flexibility index (Phi) is 5.51. The smallest absolute Gasteiger partial charge is 0.216 e. The van der Waals surface area contributed by atoms with Crippen molar-refractivity contribution in [1.82, 2.24) is 10.2 Å². The summed E-state index contributed by atoms with van der Waals surface area (Å²) in [5.41, 5.74) is 1.92. The maximum Gasteiger partial charge on any atom is 0.216 e. The first-order valence-electron chi connectivity index (χ1n) is 7.61. The van der Waals surface area contributed by atoms with Crippen LogP contribution in [-0.2, 0) is 4.79 Å². The molecule has 1 aliphatic rings. The first-order chi connectivity index (χ1) is 10.0. The van der Waals surface area contributed by atoms with E-state index in [1.807, 2.05) is 31.2 Å². The molecule has 1 heterocycles. The van der Waals surface area contributed by atoms with E-state index in [-0.39, 0.29) is 11.7 Å². The van der Waals surface area contributed by atoms with Crippen LogP contribution < -0.4 is 5.32 Å². The zero-order valence-electron chi connectivity index (χ0n) is 12.9. The minimum absolute atomic E-state index is 0.0343. The highest BCUT2D eigenvalue weighted by molar-refractivity contribution is 5.97. The number of carbonyl (C=O) groups is 2. The summed E-state index contributed by atoms with van der Waals surface area (Å²) < 4.78 is 0. The van der Waals surface area contributed by atoms with Crippen LogP contribution in [0, 0.1) is 12.8 Å². The third-order valence-corrected chi connectivity index (χ3v) is 4.05. The van der Waals surface area contributed by atoms with E-state index in [0.29, 0.717) is 12.5 Å². The van der Waals surface area contributed by atoms with Gasteiger partial charge in [0.2, 0.25) is 5.91 Å². The third-order valence-electron chi connectivity index (χ3n) is 4.05. The molecular formula is C17H24N2O2. The Morgan fingerprint density at radius 3 is 2.62 bits per heavy atom. The van der Waals surface area contributed by atoms with E-state index in [1.54, 1.807) is 6.92 Å². The molecule has 0 spiro atoms. The van der Waals surface area contributed by atoms with Gasteiger partial charge in [-0.3, -0.25) is 14.5 Å². The zero-order valence-corrected chi connectivity index (χ0v) is 12.9. The number of hydrogen-bond donors (Lipinski definition) is 1. The zero-order chi connectivity index (χ0) is 15.2. The predicted molar refractivity (Wildman–Crippen MR) is 83.4 cm³/mol. The highest BCUT2D eigenvalue weighted by Gasteiger charge is 2.21. The van der Waals surface area contributed by atoms with E-state index in [2.05, 4.69) is 10.2 Å². The Hall–Kier alpha value is -1.68. The average molecular weight is 288 g/mol. The number of Topliss-reactive ketones (excluding diaryl/α,β-unsaturated/α-hetero) is 1. The van der Waals surface area contributed by atoms with Crippen molar-refractivity contribution < 1.29 is 9.59 Å². The van der Waals surface area contributed by atoms with Gasteiger partial charge in [0, 0.05) is 19.0 Å². The van der Waals surface area contributed by atoms with Crippen molar-refractivity contribution in [2.24, 2.45) is 5.92 Å². The molecule has 1 aromatic carbocycles. The summed E-state index contributed by atoms with van der Waals surface area (Å²) in [5.74, 6) is 0.769. The van der Waals surface area contributed by atoms with Gasteiger partial charge in [-0.1, -0.05) is 23.8 Å². The van der Waals surface area contributed by atoms with Gasteiger partial charge in [0.1, 0.15) is 0 Å². The number of nitrogens with one attached hydrogen (secondary N) is 1. The standard InChI is InChI=1S/C17H24N2O2/c1-13-4-3-5-16(10-13)17(21)12-19-8-6-15(7-9-19)11-18-14(2)20/h3-5,10,15H,6-9,11-12H2,1-2H3,(H,18,20). The maximum absolute atomic E-state index is 12.3. The molecule has 0 aliphatic carbocycles. The van der Waals surface area contributed by atoms with Gasteiger partial charge in [0.15, 0.2) is 5.78 Å². The fraction of sp³-hybridized carbons (Fsp3) is 0.529. The van der Waals surface area contributed by atoms with Gasteiger partial charge in [0.05, 0.1) is 6.54 Å². The summed E-state index contributed by atoms with van der Waals surface area (Å²) in [7, 11) is 0. The van der Waals surface area contributed by atoms with E-state index in [1.165, 1.54) is 0 Å². The molecule has 2 rings (SSSR count). The van der Waals surface area contributed by atoms with E-state index in [4.69, 9.17) is 0 Å². The first kappa shape index (κ1) is 15.7. The molecule has 4 heteroatoms. The number of aryl methyl sites for hydroxylation is 1. The van der Waals surface area contributed by atoms with Gasteiger partial charge in [-0.25, -0.2) is 0 Å². The number of amides is 1. The first-order valence-corrected chi connectivity index (χ1v) is 7.61. The number of nitrogens with zero attached hydrogens (tertiary/aromatic N) is 1. The highest BCUT2D eigenvalue weighted by atomic mass is 16.1. The Labute approximate surface area is 126 Å². The summed E-state index contributed by atoms with van der Waals surface area (Å²) >= 11 is 0. The molecule has 0 radical (unpaired) electrons. The molecule has 1 saturated heterocycles. The predicted octanol–water partition coefficient (Wildman–Crippen LogP) is 2.03. The summed E-state index contributed by atoms with van der Waals surface area (Å²) in [6, 6.07) is 7.78. The van der Waals surface area contributed by atoms with Crippen LogP contribution in [0.1, 0.15) is 35.7 Å². The molecule has 114 valence electrons. The van der Waals surface area contributed by atoms with Gasteiger partial charge in [0.25, 0.3) is 0 Å². The molecule has 1 fully saturated rings. The van der Waals surface area contributed by atoms with Crippen molar-refractivity contribution in [3.8, 4) is 0 Å². The fourth-order valence-corrected chi connectivity index (χ4v) is 2.75. The normalized spacial score (nSPS) is 16.7. The molecule has 0 unspecified atom stereocenters. The van der Waals surface area contributed by atoms with Crippen molar-refractivity contribution in [1.29, 1.82) is 0 Å². The Balaban J connectivity index is 1.78. The number of ketones is 1. The summed E-state index contributed by atoms with van der Waals surface area (Å²) in [5, 5.41) is 2.88. The van der Waals surface area contributed by atoms with Gasteiger partial charge < -0.3 is 5.32 Å². The molecule has 21 heavy (non-hydrogen) atoms. The van der Waals surface area contributed by atoms with Crippen LogP contribution in [0.3, 0.4) is 0 Å². The topological polar surface area (TPSA) is 49.4 Å². The number of rotatable bonds is 5. The largest absolute Gasteiger partial charge is 0.356 e. The minimum atomic E-state index is 0.0343. The van der Waals surface area contributed by atoms with E-state index >= 15 is 0 Å². The lowest BCUT2D eigenvalue weighted by atomic mass is 9.96. The number of hydrogen-bond acceptors (Lipinski definition) is 3. The molecule has 0 bridgehead atoms. The summed E-state index contributed by atoms with van der Waals surface area (Å²) in [4.78, 5) is 25.4. The monoisotopic (exact) mass is 288 g/mol. The Morgan fingerprint density at radius 2 is 2.00 bits per heavy atom. The van der Waals surface area contributed by atoms with Crippen LogP contribution in [0.4, 0.5) is 0 Å². The summed E-state index contributed by atoms with van der Waals surface area (Å²) in [6.07, 6.45) is 2.09. The lowest BCUT2D eigenvalue weighted by Gasteiger charge is -2.31. The van der Waals surface area contributed by atoms with E-state index in [0.717, 1.165) is 43.6 Å². The molecular weight excluding hydrogens is 264 g/mol. The number of piperidine rings is 1.